The zero-order valence-corrected chi connectivity index (χ0v) is 11.8. The van der Waals surface area contributed by atoms with E-state index in [2.05, 4.69) is 9.97 Å². The Bertz CT molecular complexity index is 374. The van der Waals surface area contributed by atoms with Crippen LogP contribution in [-0.4, -0.2) is 9.97 Å². The van der Waals surface area contributed by atoms with Crippen LogP contribution in [0.3, 0.4) is 0 Å². The van der Waals surface area contributed by atoms with E-state index in [0.717, 1.165) is 18.5 Å². The van der Waals surface area contributed by atoms with Crippen LogP contribution in [0.2, 0.25) is 0 Å². The molecule has 0 aliphatic heterocycles. The van der Waals surface area contributed by atoms with Crippen molar-refractivity contribution < 1.29 is 29.6 Å². The van der Waals surface area contributed by atoms with E-state index in [1.807, 2.05) is 0 Å². The summed E-state index contributed by atoms with van der Waals surface area (Å²) >= 11 is 4.89. The van der Waals surface area contributed by atoms with Crippen LogP contribution in [0.5, 0.6) is 0 Å². The van der Waals surface area contributed by atoms with E-state index >= 15 is 0 Å². The summed E-state index contributed by atoms with van der Waals surface area (Å²) in [5.74, 6) is 0.452. The minimum Gasteiger partial charge on any atom is -0.742 e. The van der Waals surface area contributed by atoms with E-state index in [4.69, 9.17) is 12.6 Å². The van der Waals surface area contributed by atoms with Gasteiger partial charge >= 0.3 is 29.6 Å². The Kier molecular flexibility index (Phi) is 5.26. The van der Waals surface area contributed by atoms with Gasteiger partial charge in [0.15, 0.2) is 0 Å². The number of hydrogen-bond acceptors (Lipinski definition) is 3. The molecule has 0 atom stereocenters. The molecule has 2 rings (SSSR count). The van der Waals surface area contributed by atoms with Gasteiger partial charge in [0.2, 0.25) is 5.56 Å². The standard InChI is InChI=1S/C10H14N2OS.Na/c13-9-6-8(11-10(14)12-9)7-4-2-1-3-5-7;/h6-7H,1-5H2,(H2,11,12,13,14);/q;+1/p-1. The third kappa shape index (κ3) is 3.55. The maximum Gasteiger partial charge on any atom is 1.00 e. The molecular weight excluding hydrogens is 219 g/mol. The van der Waals surface area contributed by atoms with Crippen LogP contribution >= 0.6 is 0 Å². The largest absolute Gasteiger partial charge is 1.00 e. The van der Waals surface area contributed by atoms with Crippen molar-refractivity contribution in [2.45, 2.75) is 43.2 Å². The number of H-pyrrole nitrogens is 1. The van der Waals surface area contributed by atoms with Crippen molar-refractivity contribution in [2.75, 3.05) is 0 Å². The first kappa shape index (κ1) is 13.2. The van der Waals surface area contributed by atoms with Crippen LogP contribution < -0.4 is 35.1 Å². The second kappa shape index (κ2) is 5.99. The Balaban J connectivity index is 0.00000112. The second-order valence-electron chi connectivity index (χ2n) is 3.81. The molecule has 0 unspecified atom stereocenters. The maximum absolute atomic E-state index is 11.2. The summed E-state index contributed by atoms with van der Waals surface area (Å²) in [5.41, 5.74) is 0.768. The molecule has 5 heteroatoms. The number of hydrogen-bond donors (Lipinski definition) is 1. The topological polar surface area (TPSA) is 45.8 Å². The molecule has 1 aromatic rings. The minimum absolute atomic E-state index is 0. The van der Waals surface area contributed by atoms with Gasteiger partial charge in [-0.3, -0.25) is 9.78 Å². The fourth-order valence-corrected chi connectivity index (χ4v) is 2.27. The first-order chi connectivity index (χ1) is 6.75. The summed E-state index contributed by atoms with van der Waals surface area (Å²) < 4.78 is 0. The maximum atomic E-state index is 11.2. The molecule has 1 aliphatic carbocycles. The zero-order valence-electron chi connectivity index (χ0n) is 8.95. The van der Waals surface area contributed by atoms with E-state index in [1.165, 1.54) is 19.3 Å². The zero-order chi connectivity index (χ0) is 9.97. The van der Waals surface area contributed by atoms with Crippen LogP contribution in [0, 0.1) is 0 Å². The van der Waals surface area contributed by atoms with Crippen molar-refractivity contribution >= 4 is 12.6 Å². The van der Waals surface area contributed by atoms with Crippen LogP contribution in [-0.2, 0) is 12.6 Å². The molecule has 0 amide bonds. The third-order valence-electron chi connectivity index (χ3n) is 2.76. The minimum atomic E-state index is -0.120. The van der Waals surface area contributed by atoms with Gasteiger partial charge < -0.3 is 17.6 Å². The van der Waals surface area contributed by atoms with Crippen LogP contribution in [0.25, 0.3) is 0 Å². The molecule has 3 nitrogen and oxygen atoms in total. The second-order valence-corrected chi connectivity index (χ2v) is 4.20. The third-order valence-corrected chi connectivity index (χ3v) is 2.96. The Morgan fingerprint density at radius 1 is 1.33 bits per heavy atom. The summed E-state index contributed by atoms with van der Waals surface area (Å²) in [7, 11) is 0. The molecule has 15 heavy (non-hydrogen) atoms. The quantitative estimate of drug-likeness (QED) is 0.373. The summed E-state index contributed by atoms with van der Waals surface area (Å²) in [6, 6.07) is 1.59. The van der Waals surface area contributed by atoms with Gasteiger partial charge in [-0.05, 0) is 18.0 Å². The number of nitrogens with zero attached hydrogens (tertiary/aromatic N) is 1. The average molecular weight is 232 g/mol. The van der Waals surface area contributed by atoms with E-state index in [-0.39, 0.29) is 35.1 Å². The molecule has 0 spiro atoms. The molecule has 1 aliphatic rings. The van der Waals surface area contributed by atoms with Crippen molar-refractivity contribution in [1.82, 2.24) is 9.97 Å². The molecule has 1 aromatic heterocycles. The van der Waals surface area contributed by atoms with Crippen molar-refractivity contribution in [3.63, 3.8) is 0 Å². The van der Waals surface area contributed by atoms with E-state index < -0.39 is 0 Å². The Labute approximate surface area is 117 Å². The van der Waals surface area contributed by atoms with Gasteiger partial charge in [0.05, 0.1) is 0 Å². The number of aromatic amines is 1. The Hall–Kier alpha value is 0.1000. The van der Waals surface area contributed by atoms with E-state index in [9.17, 15) is 4.79 Å². The van der Waals surface area contributed by atoms with Crippen molar-refractivity contribution in [3.05, 3.63) is 22.1 Å². The van der Waals surface area contributed by atoms with Crippen molar-refractivity contribution in [2.24, 2.45) is 0 Å². The molecule has 0 aromatic carbocycles. The number of aromatic nitrogens is 2. The predicted molar refractivity (Wildman–Crippen MR) is 56.3 cm³/mol. The van der Waals surface area contributed by atoms with Gasteiger partial charge in [0.1, 0.15) is 0 Å². The molecule has 1 fully saturated rings. The Morgan fingerprint density at radius 3 is 2.60 bits per heavy atom. The molecular formula is C10H13N2NaOS. The van der Waals surface area contributed by atoms with Gasteiger partial charge in [-0.15, -0.1) is 0 Å². The monoisotopic (exact) mass is 232 g/mol. The molecule has 1 saturated carbocycles. The summed E-state index contributed by atoms with van der Waals surface area (Å²) in [5, 5.41) is 0.318. The molecule has 0 saturated heterocycles. The van der Waals surface area contributed by atoms with Crippen LogP contribution in [0.1, 0.15) is 43.7 Å². The molecule has 1 heterocycles. The summed E-state index contributed by atoms with van der Waals surface area (Å²) in [6.07, 6.45) is 6.08. The predicted octanol–water partition coefficient (Wildman–Crippen LogP) is -1.27. The van der Waals surface area contributed by atoms with Crippen molar-refractivity contribution in [1.29, 1.82) is 0 Å². The fraction of sp³-hybridized carbons (Fsp3) is 0.600. The normalized spacial score (nSPS) is 17.1. The van der Waals surface area contributed by atoms with Crippen LogP contribution in [0.4, 0.5) is 0 Å². The van der Waals surface area contributed by atoms with Gasteiger partial charge in [-0.1, -0.05) is 19.3 Å². The summed E-state index contributed by atoms with van der Waals surface area (Å²) in [6.45, 7) is 0. The number of rotatable bonds is 1. The van der Waals surface area contributed by atoms with Gasteiger partial charge in [-0.2, -0.15) is 0 Å². The molecule has 1 N–H and O–H groups in total. The van der Waals surface area contributed by atoms with Crippen LogP contribution in [0.15, 0.2) is 16.0 Å². The Morgan fingerprint density at radius 2 is 2.00 bits per heavy atom. The van der Waals surface area contributed by atoms with Crippen molar-refractivity contribution in [3.8, 4) is 0 Å². The van der Waals surface area contributed by atoms with Gasteiger partial charge in [-0.25, -0.2) is 0 Å². The van der Waals surface area contributed by atoms with E-state index in [0.29, 0.717) is 11.1 Å². The number of nitrogens with one attached hydrogen (secondary N) is 1. The molecule has 0 bridgehead atoms. The van der Waals surface area contributed by atoms with Gasteiger partial charge in [0.25, 0.3) is 0 Å². The fourth-order valence-electron chi connectivity index (χ4n) is 2.06. The first-order valence-corrected chi connectivity index (χ1v) is 5.45. The SMILES string of the molecule is O=c1cc(C2CCCCC2)nc([S-])[nH]1.[Na+]. The van der Waals surface area contributed by atoms with Gasteiger partial charge in [0, 0.05) is 17.7 Å². The first-order valence-electron chi connectivity index (χ1n) is 5.04. The molecule has 76 valence electrons. The summed E-state index contributed by atoms with van der Waals surface area (Å²) in [4.78, 5) is 17.9. The molecule has 0 radical (unpaired) electrons. The van der Waals surface area contributed by atoms with E-state index in [1.54, 1.807) is 6.07 Å². The smallest absolute Gasteiger partial charge is 0.742 e. The average Bonchev–Trinajstić information content (AvgIpc) is 2.18.